The number of hydrogen-bond donors (Lipinski definition) is 0. The van der Waals surface area contributed by atoms with Gasteiger partial charge in [-0.2, -0.15) is 8.42 Å². The van der Waals surface area contributed by atoms with E-state index >= 15 is 0 Å². The smallest absolute Gasteiger partial charge is 0.261 e. The normalized spacial score (nSPS) is 34.7. The van der Waals surface area contributed by atoms with Crippen molar-refractivity contribution < 1.29 is 21.0 Å². The van der Waals surface area contributed by atoms with E-state index in [9.17, 15) is 16.8 Å². The third-order valence-electron chi connectivity index (χ3n) is 4.33. The van der Waals surface area contributed by atoms with Crippen molar-refractivity contribution in [2.45, 2.75) is 30.1 Å². The number of aryl methyl sites for hydroxylation is 1. The minimum atomic E-state index is -3.91. The van der Waals surface area contributed by atoms with Crippen LogP contribution in [0.1, 0.15) is 12.5 Å². The molecule has 2 fully saturated rings. The van der Waals surface area contributed by atoms with Crippen LogP contribution in [0.4, 0.5) is 0 Å². The summed E-state index contributed by atoms with van der Waals surface area (Å²) in [5.41, 5.74) is 0.947. The second-order valence-corrected chi connectivity index (χ2v) is 9.42. The zero-order valence-corrected chi connectivity index (χ0v) is 12.8. The largest absolute Gasteiger partial charge is 0.297 e. The van der Waals surface area contributed by atoms with E-state index in [0.717, 1.165) is 5.56 Å². The Balaban J connectivity index is 1.82. The lowest BCUT2D eigenvalue weighted by Gasteiger charge is -2.55. The van der Waals surface area contributed by atoms with Gasteiger partial charge in [0.2, 0.25) is 0 Å². The molecular weight excluding hydrogens is 300 g/mol. The molecule has 1 aromatic rings. The summed E-state index contributed by atoms with van der Waals surface area (Å²) in [7, 11) is -7.06. The predicted octanol–water partition coefficient (Wildman–Crippen LogP) is 1.13. The molecule has 4 atom stereocenters. The van der Waals surface area contributed by atoms with Crippen molar-refractivity contribution in [2.24, 2.45) is 11.8 Å². The first-order valence-corrected chi connectivity index (χ1v) is 9.56. The van der Waals surface area contributed by atoms with Crippen LogP contribution in [-0.2, 0) is 24.1 Å². The van der Waals surface area contributed by atoms with Gasteiger partial charge in [-0.25, -0.2) is 8.42 Å². The predicted molar refractivity (Wildman–Crippen MR) is 73.5 cm³/mol. The van der Waals surface area contributed by atoms with Crippen LogP contribution >= 0.6 is 0 Å². The third-order valence-corrected chi connectivity index (χ3v) is 7.95. The lowest BCUT2D eigenvalue weighted by Crippen LogP contribution is -2.69. The molecule has 0 aromatic heterocycles. The second-order valence-electron chi connectivity index (χ2n) is 5.65. The third kappa shape index (κ3) is 1.99. The van der Waals surface area contributed by atoms with Crippen LogP contribution in [0.2, 0.25) is 0 Å². The molecule has 110 valence electrons. The molecule has 1 heterocycles. The fourth-order valence-electron chi connectivity index (χ4n) is 2.96. The number of benzene rings is 1. The second kappa shape index (κ2) is 4.29. The lowest BCUT2D eigenvalue weighted by molar-refractivity contribution is 0.00268. The summed E-state index contributed by atoms with van der Waals surface area (Å²) in [6.07, 6.45) is -0.745. The van der Waals surface area contributed by atoms with E-state index in [2.05, 4.69) is 0 Å². The molecule has 0 spiro atoms. The van der Waals surface area contributed by atoms with Crippen molar-refractivity contribution in [1.29, 1.82) is 0 Å². The number of rotatable bonds is 3. The summed E-state index contributed by atoms with van der Waals surface area (Å²) in [6, 6.07) is 6.31. The molecule has 0 unspecified atom stereocenters. The summed E-state index contributed by atoms with van der Waals surface area (Å²) in [6.45, 7) is 3.70. The van der Waals surface area contributed by atoms with Gasteiger partial charge in [0.25, 0.3) is 10.1 Å². The van der Waals surface area contributed by atoms with E-state index in [1.54, 1.807) is 12.1 Å². The van der Waals surface area contributed by atoms with Crippen molar-refractivity contribution >= 4 is 20.0 Å². The van der Waals surface area contributed by atoms with Gasteiger partial charge < -0.3 is 0 Å². The van der Waals surface area contributed by atoms with Gasteiger partial charge >= 0.3 is 0 Å². The first-order valence-electron chi connectivity index (χ1n) is 6.44. The summed E-state index contributed by atoms with van der Waals surface area (Å²) >= 11 is 0. The van der Waals surface area contributed by atoms with Gasteiger partial charge in [0, 0.05) is 0 Å². The van der Waals surface area contributed by atoms with E-state index in [1.807, 2.05) is 13.8 Å². The van der Waals surface area contributed by atoms with Crippen LogP contribution in [0.25, 0.3) is 0 Å². The maximum Gasteiger partial charge on any atom is 0.297 e. The van der Waals surface area contributed by atoms with Gasteiger partial charge in [-0.15, -0.1) is 0 Å². The fraction of sp³-hybridized carbons (Fsp3) is 0.538. The van der Waals surface area contributed by atoms with Gasteiger partial charge in [-0.3, -0.25) is 4.18 Å². The van der Waals surface area contributed by atoms with E-state index < -0.39 is 31.3 Å². The van der Waals surface area contributed by atoms with Gasteiger partial charge in [0.05, 0.1) is 22.0 Å². The Bertz CT molecular complexity index is 733. The molecule has 1 saturated carbocycles. The van der Waals surface area contributed by atoms with E-state index in [0.29, 0.717) is 0 Å². The van der Waals surface area contributed by atoms with E-state index in [4.69, 9.17) is 4.18 Å². The Morgan fingerprint density at radius 2 is 1.80 bits per heavy atom. The Morgan fingerprint density at radius 3 is 2.35 bits per heavy atom. The van der Waals surface area contributed by atoms with Crippen LogP contribution in [0.3, 0.4) is 0 Å². The molecule has 20 heavy (non-hydrogen) atoms. The molecule has 0 bridgehead atoms. The molecule has 5 nitrogen and oxygen atoms in total. The summed E-state index contributed by atoms with van der Waals surface area (Å²) in [4.78, 5) is 0.0653. The van der Waals surface area contributed by atoms with E-state index in [-0.39, 0.29) is 22.5 Å². The number of fused-ring (bicyclic) bond motifs is 1. The highest BCUT2D eigenvalue weighted by atomic mass is 32.2. The molecule has 2 aliphatic rings. The molecule has 0 amide bonds. The van der Waals surface area contributed by atoms with Crippen LogP contribution in [0, 0.1) is 18.8 Å². The SMILES string of the molecule is Cc1ccc(S(=O)(=O)O[C@@H]2[C@H](C)[C@H]3CS(=O)(=O)[C@@H]32)cc1. The zero-order chi connectivity index (χ0) is 14.7. The van der Waals surface area contributed by atoms with Crippen LogP contribution in [0.15, 0.2) is 29.2 Å². The van der Waals surface area contributed by atoms with E-state index in [1.165, 1.54) is 12.1 Å². The number of sulfone groups is 1. The van der Waals surface area contributed by atoms with Crippen molar-refractivity contribution in [3.63, 3.8) is 0 Å². The van der Waals surface area contributed by atoms with Crippen molar-refractivity contribution in [3.05, 3.63) is 29.8 Å². The van der Waals surface area contributed by atoms with Crippen molar-refractivity contribution in [2.75, 3.05) is 5.75 Å². The Labute approximate surface area is 119 Å². The molecule has 1 aliphatic heterocycles. The summed E-state index contributed by atoms with van der Waals surface area (Å²) in [5, 5.41) is -0.641. The van der Waals surface area contributed by atoms with Crippen LogP contribution in [0.5, 0.6) is 0 Å². The molecule has 1 aromatic carbocycles. The molecule has 1 saturated heterocycles. The van der Waals surface area contributed by atoms with Gasteiger partial charge in [-0.05, 0) is 30.9 Å². The molecular formula is C13H16O5S2. The minimum absolute atomic E-state index is 0.0382. The monoisotopic (exact) mass is 316 g/mol. The summed E-state index contributed by atoms with van der Waals surface area (Å²) in [5.74, 6) is 0.172. The Morgan fingerprint density at radius 1 is 1.20 bits per heavy atom. The van der Waals surface area contributed by atoms with Crippen LogP contribution < -0.4 is 0 Å². The summed E-state index contributed by atoms with van der Waals surface area (Å²) < 4.78 is 52.8. The fourth-order valence-corrected chi connectivity index (χ4v) is 6.70. The Hall–Kier alpha value is -0.920. The highest BCUT2D eigenvalue weighted by Crippen LogP contribution is 2.51. The molecule has 3 rings (SSSR count). The first-order chi connectivity index (χ1) is 9.22. The average molecular weight is 316 g/mol. The number of hydrogen-bond acceptors (Lipinski definition) is 5. The van der Waals surface area contributed by atoms with Crippen molar-refractivity contribution in [1.82, 2.24) is 0 Å². The minimum Gasteiger partial charge on any atom is -0.261 e. The van der Waals surface area contributed by atoms with Crippen LogP contribution in [-0.4, -0.2) is 33.9 Å². The average Bonchev–Trinajstić information content (AvgIpc) is 2.35. The highest BCUT2D eigenvalue weighted by Gasteiger charge is 2.65. The van der Waals surface area contributed by atoms with Gasteiger partial charge in [-0.1, -0.05) is 24.6 Å². The standard InChI is InChI=1S/C13H16O5S2/c1-8-3-5-10(6-4-8)20(16,17)18-12-9(2)11-7-19(14,15)13(11)12/h3-6,9,11-13H,7H2,1-2H3/t9-,11-,12-,13+/m1/s1. The maximum atomic E-state index is 12.2. The molecule has 7 heteroatoms. The topological polar surface area (TPSA) is 77.5 Å². The molecule has 1 aliphatic carbocycles. The quantitative estimate of drug-likeness (QED) is 0.781. The Kier molecular flexibility index (Phi) is 3.01. The molecule has 0 N–H and O–H groups in total. The first kappa shape index (κ1) is 14.0. The highest BCUT2D eigenvalue weighted by molar-refractivity contribution is 7.93. The molecule has 0 radical (unpaired) electrons. The van der Waals surface area contributed by atoms with Crippen molar-refractivity contribution in [3.8, 4) is 0 Å². The lowest BCUT2D eigenvalue weighted by atomic mass is 9.72. The maximum absolute atomic E-state index is 12.2. The zero-order valence-electron chi connectivity index (χ0n) is 11.2. The van der Waals surface area contributed by atoms with Gasteiger partial charge in [0.1, 0.15) is 0 Å². The van der Waals surface area contributed by atoms with Gasteiger partial charge in [0.15, 0.2) is 9.84 Å².